The third-order valence-corrected chi connectivity index (χ3v) is 6.35. The Morgan fingerprint density at radius 2 is 1.67 bits per heavy atom. The van der Waals surface area contributed by atoms with Gasteiger partial charge in [-0.3, -0.25) is 4.79 Å². The van der Waals surface area contributed by atoms with Crippen LogP contribution in [0.15, 0.2) is 90.4 Å². The number of hydrogen-bond donors (Lipinski definition) is 2. The third kappa shape index (κ3) is 6.88. The van der Waals surface area contributed by atoms with Gasteiger partial charge in [-0.15, -0.1) is 0 Å². The van der Waals surface area contributed by atoms with E-state index in [-0.39, 0.29) is 11.3 Å². The van der Waals surface area contributed by atoms with Gasteiger partial charge >= 0.3 is 6.03 Å². The lowest BCUT2D eigenvalue weighted by Gasteiger charge is -2.25. The number of likely N-dealkylation sites (N-methyl/N-ethyl adjacent to an activating group) is 1. The topological polar surface area (TPSA) is 95.6 Å². The van der Waals surface area contributed by atoms with Crippen molar-refractivity contribution in [3.05, 3.63) is 102 Å². The smallest absolute Gasteiger partial charge is 0.325 e. The molecule has 1 atom stereocenters. The summed E-state index contributed by atoms with van der Waals surface area (Å²) in [6.07, 6.45) is 2.53. The van der Waals surface area contributed by atoms with Crippen LogP contribution in [-0.2, 0) is 21.2 Å². The Labute approximate surface area is 193 Å². The van der Waals surface area contributed by atoms with Crippen molar-refractivity contribution in [3.8, 4) is 0 Å². The van der Waals surface area contributed by atoms with E-state index in [1.165, 1.54) is 49.2 Å². The maximum absolute atomic E-state index is 13.3. The Morgan fingerprint density at radius 1 is 1.06 bits per heavy atom. The first-order valence-electron chi connectivity index (χ1n) is 9.95. The summed E-state index contributed by atoms with van der Waals surface area (Å²) in [6, 6.07) is 12.0. The molecule has 0 saturated carbocycles. The minimum atomic E-state index is -4.24. The van der Waals surface area contributed by atoms with Crippen LogP contribution in [0, 0.1) is 5.82 Å². The molecule has 0 aliphatic rings. The van der Waals surface area contributed by atoms with E-state index in [1.54, 1.807) is 24.3 Å². The van der Waals surface area contributed by atoms with Crippen molar-refractivity contribution >= 4 is 27.6 Å². The number of amides is 3. The van der Waals surface area contributed by atoms with Crippen LogP contribution in [0.4, 0.5) is 14.9 Å². The van der Waals surface area contributed by atoms with Crippen molar-refractivity contribution in [2.45, 2.75) is 19.4 Å². The van der Waals surface area contributed by atoms with Gasteiger partial charge in [0.1, 0.15) is 11.9 Å². The zero-order valence-corrected chi connectivity index (χ0v) is 19.2. The van der Waals surface area contributed by atoms with Crippen LogP contribution in [0.3, 0.4) is 0 Å². The van der Waals surface area contributed by atoms with Gasteiger partial charge in [0.15, 0.2) is 0 Å². The molecule has 0 fully saturated rings. The van der Waals surface area contributed by atoms with E-state index in [4.69, 9.17) is 0 Å². The van der Waals surface area contributed by atoms with Crippen LogP contribution in [0.25, 0.3) is 0 Å². The Kier molecular flexibility index (Phi) is 8.70. The van der Waals surface area contributed by atoms with Gasteiger partial charge in [0.05, 0.1) is 4.91 Å². The summed E-state index contributed by atoms with van der Waals surface area (Å²) in [5, 5.41) is 2.44. The lowest BCUT2D eigenvalue weighted by atomic mass is 10.0. The fourth-order valence-corrected chi connectivity index (χ4v) is 4.16. The van der Waals surface area contributed by atoms with Crippen molar-refractivity contribution < 1.29 is 22.4 Å². The Balaban J connectivity index is 2.29. The SMILES string of the molecule is C=C/C(C)=C(\C=C)S(=O)(=O)NC(=O)N[C@@H](Cc1ccccc1)C(=O)N(C)c1ccc(F)cc1. The summed E-state index contributed by atoms with van der Waals surface area (Å²) < 4.78 is 40.3. The summed E-state index contributed by atoms with van der Waals surface area (Å²) in [6.45, 7) is 8.50. The lowest BCUT2D eigenvalue weighted by molar-refractivity contribution is -0.120. The van der Waals surface area contributed by atoms with E-state index >= 15 is 0 Å². The van der Waals surface area contributed by atoms with Gasteiger partial charge in [0, 0.05) is 19.2 Å². The van der Waals surface area contributed by atoms with Gasteiger partial charge < -0.3 is 10.2 Å². The molecule has 174 valence electrons. The van der Waals surface area contributed by atoms with E-state index in [0.29, 0.717) is 11.3 Å². The van der Waals surface area contributed by atoms with Gasteiger partial charge in [-0.05, 0) is 48.4 Å². The van der Waals surface area contributed by atoms with Gasteiger partial charge in [-0.2, -0.15) is 0 Å². The highest BCUT2D eigenvalue weighted by Crippen LogP contribution is 2.16. The zero-order valence-electron chi connectivity index (χ0n) is 18.4. The Hall–Kier alpha value is -3.72. The first-order chi connectivity index (χ1) is 15.6. The number of nitrogens with zero attached hydrogens (tertiary/aromatic N) is 1. The molecule has 0 radical (unpaired) electrons. The molecule has 0 saturated heterocycles. The molecule has 2 N–H and O–H groups in total. The third-order valence-electron chi connectivity index (χ3n) is 4.83. The van der Waals surface area contributed by atoms with Gasteiger partial charge in [-0.25, -0.2) is 22.3 Å². The van der Waals surface area contributed by atoms with Crippen molar-refractivity contribution in [2.75, 3.05) is 11.9 Å². The summed E-state index contributed by atoms with van der Waals surface area (Å²) in [5.74, 6) is -0.969. The minimum Gasteiger partial charge on any atom is -0.325 e. The number of nitrogens with one attached hydrogen (secondary N) is 2. The van der Waals surface area contributed by atoms with E-state index < -0.39 is 33.8 Å². The standard InChI is InChI=1S/C24H26FN3O4S/c1-5-17(3)22(6-2)33(31,32)27-24(30)26-21(16-18-10-8-7-9-11-18)23(29)28(4)20-14-12-19(25)13-15-20/h5-15,21H,1-2,16H2,3-4H3,(H2,26,27,30)/b22-17+/t21-/m0/s1. The molecule has 0 spiro atoms. The van der Waals surface area contributed by atoms with Crippen molar-refractivity contribution in [1.29, 1.82) is 0 Å². The van der Waals surface area contributed by atoms with Gasteiger partial charge in [0.2, 0.25) is 5.91 Å². The highest BCUT2D eigenvalue weighted by molar-refractivity contribution is 7.94. The number of sulfonamides is 1. The predicted octanol–water partition coefficient (Wildman–Crippen LogP) is 3.67. The average Bonchev–Trinajstić information content (AvgIpc) is 2.78. The molecule has 2 rings (SSSR count). The molecule has 0 aliphatic carbocycles. The summed E-state index contributed by atoms with van der Waals surface area (Å²) in [7, 11) is -2.76. The fraction of sp³-hybridized carbons (Fsp3) is 0.167. The molecule has 0 heterocycles. The number of carbonyl (C=O) groups excluding carboxylic acids is 2. The van der Waals surface area contributed by atoms with Gasteiger partial charge in [-0.1, -0.05) is 49.6 Å². The minimum absolute atomic E-state index is 0.106. The second-order valence-corrected chi connectivity index (χ2v) is 8.80. The quantitative estimate of drug-likeness (QED) is 0.546. The largest absolute Gasteiger partial charge is 0.329 e. The number of hydrogen-bond acceptors (Lipinski definition) is 4. The van der Waals surface area contributed by atoms with Crippen LogP contribution in [-0.4, -0.2) is 33.4 Å². The van der Waals surface area contributed by atoms with E-state index in [2.05, 4.69) is 18.5 Å². The van der Waals surface area contributed by atoms with Crippen LogP contribution < -0.4 is 14.9 Å². The second-order valence-electron chi connectivity index (χ2n) is 7.15. The molecule has 0 bridgehead atoms. The first-order valence-corrected chi connectivity index (χ1v) is 11.4. The average molecular weight is 472 g/mol. The molecular weight excluding hydrogens is 445 g/mol. The number of benzene rings is 2. The number of halogens is 1. The first kappa shape index (κ1) is 25.5. The molecule has 2 aromatic rings. The highest BCUT2D eigenvalue weighted by atomic mass is 32.2. The Bertz CT molecular complexity index is 1160. The molecule has 7 nitrogen and oxygen atoms in total. The van der Waals surface area contributed by atoms with Crippen molar-refractivity contribution in [1.82, 2.24) is 10.0 Å². The summed E-state index contributed by atoms with van der Waals surface area (Å²) >= 11 is 0. The Morgan fingerprint density at radius 3 is 2.21 bits per heavy atom. The molecule has 33 heavy (non-hydrogen) atoms. The molecule has 9 heteroatoms. The van der Waals surface area contributed by atoms with Crippen LogP contribution >= 0.6 is 0 Å². The van der Waals surface area contributed by atoms with Crippen molar-refractivity contribution in [3.63, 3.8) is 0 Å². The fourth-order valence-electron chi connectivity index (χ4n) is 3.02. The summed E-state index contributed by atoms with van der Waals surface area (Å²) in [5.41, 5.74) is 1.46. The zero-order chi connectivity index (χ0) is 24.6. The monoisotopic (exact) mass is 471 g/mol. The normalized spacial score (nSPS) is 12.7. The van der Waals surface area contributed by atoms with Crippen LogP contribution in [0.5, 0.6) is 0 Å². The molecule has 2 aromatic carbocycles. The number of allylic oxidation sites excluding steroid dienone is 3. The van der Waals surface area contributed by atoms with Crippen molar-refractivity contribution in [2.24, 2.45) is 0 Å². The number of urea groups is 1. The molecule has 0 aliphatic heterocycles. The second kappa shape index (κ2) is 11.2. The van der Waals surface area contributed by atoms with Gasteiger partial charge in [0.25, 0.3) is 10.0 Å². The maximum atomic E-state index is 13.3. The maximum Gasteiger partial charge on any atom is 0.329 e. The number of rotatable bonds is 9. The number of anilines is 1. The van der Waals surface area contributed by atoms with E-state index in [9.17, 15) is 22.4 Å². The predicted molar refractivity (Wildman–Crippen MR) is 127 cm³/mol. The lowest BCUT2D eigenvalue weighted by Crippen LogP contribution is -2.52. The van der Waals surface area contributed by atoms with E-state index in [0.717, 1.165) is 11.6 Å². The van der Waals surface area contributed by atoms with E-state index in [1.807, 2.05) is 10.8 Å². The van der Waals surface area contributed by atoms with Crippen LogP contribution in [0.1, 0.15) is 12.5 Å². The molecule has 0 unspecified atom stereocenters. The number of carbonyl (C=O) groups is 2. The molecule has 3 amide bonds. The molecule has 0 aromatic heterocycles. The van der Waals surface area contributed by atoms with Crippen LogP contribution in [0.2, 0.25) is 0 Å². The highest BCUT2D eigenvalue weighted by Gasteiger charge is 2.28. The summed E-state index contributed by atoms with van der Waals surface area (Å²) in [4.78, 5) is 26.8. The molecular formula is C24H26FN3O4S.